The lowest BCUT2D eigenvalue weighted by molar-refractivity contribution is -0.160. The van der Waals surface area contributed by atoms with Crippen molar-refractivity contribution in [1.29, 1.82) is 0 Å². The van der Waals surface area contributed by atoms with Gasteiger partial charge in [0.2, 0.25) is 0 Å². The lowest BCUT2D eigenvalue weighted by Gasteiger charge is -2.49. The number of fused-ring (bicyclic) bond motifs is 1. The minimum atomic E-state index is -0.673. The molecule has 2 heterocycles. The van der Waals surface area contributed by atoms with E-state index in [1.807, 2.05) is 0 Å². The van der Waals surface area contributed by atoms with Crippen LogP contribution in [-0.4, -0.2) is 71.7 Å². The predicted molar refractivity (Wildman–Crippen MR) is 96.4 cm³/mol. The molecule has 2 aliphatic rings. The number of carbonyl (C=O) groups excluding carboxylic acids is 4. The third-order valence-corrected chi connectivity index (χ3v) is 5.05. The van der Waals surface area contributed by atoms with E-state index in [-0.39, 0.29) is 30.1 Å². The summed E-state index contributed by atoms with van der Waals surface area (Å²) in [6.07, 6.45) is -0.626. The van der Waals surface area contributed by atoms with Crippen LogP contribution in [0.1, 0.15) is 27.7 Å². The molecule has 2 atom stereocenters. The van der Waals surface area contributed by atoms with Gasteiger partial charge in [-0.3, -0.25) is 24.1 Å². The second-order valence-electron chi connectivity index (χ2n) is 7.07. The van der Waals surface area contributed by atoms with E-state index in [9.17, 15) is 19.2 Å². The summed E-state index contributed by atoms with van der Waals surface area (Å²) in [5, 5.41) is 2.15. The summed E-state index contributed by atoms with van der Waals surface area (Å²) in [4.78, 5) is 49.3. The second kappa shape index (κ2) is 8.30. The number of carbonyl (C=O) groups is 4. The Labute approximate surface area is 161 Å². The van der Waals surface area contributed by atoms with E-state index in [1.54, 1.807) is 20.8 Å². The summed E-state index contributed by atoms with van der Waals surface area (Å²) in [7, 11) is 1.43. The molecule has 150 valence electrons. The van der Waals surface area contributed by atoms with Crippen LogP contribution in [0, 0.1) is 0 Å². The highest BCUT2D eigenvalue weighted by molar-refractivity contribution is 8.00. The Hall–Kier alpha value is -2.07. The number of amides is 2. The van der Waals surface area contributed by atoms with Crippen LogP contribution < -0.4 is 5.32 Å². The molecule has 2 aliphatic heterocycles. The number of methoxy groups -OCH3 is 1. The number of hydrogen-bond acceptors (Lipinski definition) is 8. The van der Waals surface area contributed by atoms with Gasteiger partial charge in [0.05, 0.1) is 0 Å². The normalized spacial score (nSPS) is 22.0. The molecule has 2 amide bonds. The number of esters is 2. The Morgan fingerprint density at radius 3 is 2.52 bits per heavy atom. The topological polar surface area (TPSA) is 111 Å². The van der Waals surface area contributed by atoms with Crippen molar-refractivity contribution in [1.82, 2.24) is 10.2 Å². The lowest BCUT2D eigenvalue weighted by Crippen LogP contribution is -2.66. The maximum absolute atomic E-state index is 12.7. The number of nitrogens with zero attached hydrogens (tertiary/aromatic N) is 1. The van der Waals surface area contributed by atoms with Crippen LogP contribution in [0.25, 0.3) is 0 Å². The molecule has 0 spiro atoms. The van der Waals surface area contributed by atoms with E-state index in [0.717, 1.165) is 0 Å². The minimum absolute atomic E-state index is 0.0989. The molecule has 9 nitrogen and oxygen atoms in total. The van der Waals surface area contributed by atoms with Gasteiger partial charge in [-0.05, 0) is 20.8 Å². The molecule has 0 radical (unpaired) electrons. The molecule has 2 rings (SSSR count). The summed E-state index contributed by atoms with van der Waals surface area (Å²) >= 11 is 1.42. The molecular formula is C17H24N2O7S. The van der Waals surface area contributed by atoms with Gasteiger partial charge in [0.15, 0.2) is 6.10 Å². The van der Waals surface area contributed by atoms with Gasteiger partial charge in [-0.2, -0.15) is 0 Å². The summed E-state index contributed by atoms with van der Waals surface area (Å²) < 4.78 is 15.3. The average Bonchev–Trinajstić information content (AvgIpc) is 2.55. The van der Waals surface area contributed by atoms with Crippen molar-refractivity contribution in [2.75, 3.05) is 26.0 Å². The Balaban J connectivity index is 2.15. The molecule has 1 saturated heterocycles. The first kappa shape index (κ1) is 21.2. The zero-order valence-electron chi connectivity index (χ0n) is 16.0. The molecule has 1 fully saturated rings. The summed E-state index contributed by atoms with van der Waals surface area (Å²) in [5.41, 5.74) is -0.0781. The first-order valence-electron chi connectivity index (χ1n) is 8.38. The fourth-order valence-electron chi connectivity index (χ4n) is 2.66. The highest BCUT2D eigenvalue weighted by Gasteiger charge is 2.53. The monoisotopic (exact) mass is 400 g/mol. The van der Waals surface area contributed by atoms with E-state index in [0.29, 0.717) is 11.3 Å². The van der Waals surface area contributed by atoms with E-state index in [1.165, 1.54) is 30.7 Å². The highest BCUT2D eigenvalue weighted by Crippen LogP contribution is 2.41. The molecule has 0 aromatic carbocycles. The van der Waals surface area contributed by atoms with Crippen LogP contribution in [0.2, 0.25) is 0 Å². The first-order chi connectivity index (χ1) is 12.5. The van der Waals surface area contributed by atoms with Gasteiger partial charge in [0, 0.05) is 25.4 Å². The fourth-order valence-corrected chi connectivity index (χ4v) is 4.01. The molecule has 0 saturated carbocycles. The van der Waals surface area contributed by atoms with Gasteiger partial charge in [0.1, 0.15) is 29.8 Å². The number of β-lactam (4-membered cyclic amide) rings is 1. The van der Waals surface area contributed by atoms with Gasteiger partial charge in [-0.25, -0.2) is 0 Å². The number of ether oxygens (including phenoxy) is 3. The predicted octanol–water partition coefficient (Wildman–Crippen LogP) is 0.192. The number of nitrogens with one attached hydrogen (secondary N) is 1. The highest BCUT2D eigenvalue weighted by atomic mass is 32.2. The van der Waals surface area contributed by atoms with Gasteiger partial charge in [-0.15, -0.1) is 11.8 Å². The third-order valence-electron chi connectivity index (χ3n) is 3.73. The molecule has 2 unspecified atom stereocenters. The maximum Gasteiger partial charge on any atom is 0.325 e. The van der Waals surface area contributed by atoms with Crippen LogP contribution in [-0.2, 0) is 33.4 Å². The van der Waals surface area contributed by atoms with Crippen molar-refractivity contribution < 1.29 is 33.4 Å². The largest absolute Gasteiger partial charge is 0.461 e. The first-order valence-corrected chi connectivity index (χ1v) is 9.43. The zero-order valence-corrected chi connectivity index (χ0v) is 16.8. The van der Waals surface area contributed by atoms with Crippen molar-refractivity contribution in [3.05, 3.63) is 11.3 Å². The van der Waals surface area contributed by atoms with Crippen LogP contribution >= 0.6 is 11.8 Å². The van der Waals surface area contributed by atoms with Crippen LogP contribution in [0.15, 0.2) is 11.3 Å². The quantitative estimate of drug-likeness (QED) is 0.497. The van der Waals surface area contributed by atoms with Gasteiger partial charge in [-0.1, -0.05) is 0 Å². The summed E-state index contributed by atoms with van der Waals surface area (Å²) in [6.45, 7) is 5.98. The average molecular weight is 400 g/mol. The molecule has 1 N–H and O–H groups in total. The summed E-state index contributed by atoms with van der Waals surface area (Å²) in [6, 6.07) is 0. The van der Waals surface area contributed by atoms with E-state index in [4.69, 9.17) is 14.2 Å². The molecule has 0 aliphatic carbocycles. The van der Waals surface area contributed by atoms with Gasteiger partial charge in [0.25, 0.3) is 11.8 Å². The molecule has 0 bridgehead atoms. The molecule has 0 aromatic rings. The van der Waals surface area contributed by atoms with Crippen molar-refractivity contribution >= 4 is 35.5 Å². The fraction of sp³-hybridized carbons (Fsp3) is 0.647. The maximum atomic E-state index is 12.7. The SMILES string of the molecule is COC1C(=O)N2C(C(=O)NCC(=O)OC(C)(C)C)=C(COC(C)=O)CSC12. The molecule has 0 aromatic heterocycles. The number of hydrogen-bond donors (Lipinski definition) is 1. The molecular weight excluding hydrogens is 376 g/mol. The number of thioether (sulfide) groups is 1. The van der Waals surface area contributed by atoms with Crippen LogP contribution in [0.4, 0.5) is 0 Å². The van der Waals surface area contributed by atoms with Gasteiger partial charge >= 0.3 is 11.9 Å². The Morgan fingerprint density at radius 2 is 1.96 bits per heavy atom. The van der Waals surface area contributed by atoms with Crippen LogP contribution in [0.3, 0.4) is 0 Å². The van der Waals surface area contributed by atoms with E-state index < -0.39 is 29.6 Å². The molecule has 27 heavy (non-hydrogen) atoms. The standard InChI is InChI=1S/C17H24N2O7S/c1-9(20)25-7-10-8-27-16-13(24-5)15(23)19(16)12(10)14(22)18-6-11(21)26-17(2,3)4/h13,16H,6-8H2,1-5H3,(H,18,22). The third kappa shape index (κ3) is 5.01. The van der Waals surface area contributed by atoms with Crippen molar-refractivity contribution in [3.63, 3.8) is 0 Å². The van der Waals surface area contributed by atoms with Gasteiger partial charge < -0.3 is 19.5 Å². The van der Waals surface area contributed by atoms with E-state index in [2.05, 4.69) is 5.32 Å². The lowest BCUT2D eigenvalue weighted by atomic mass is 10.0. The number of rotatable bonds is 6. The zero-order chi connectivity index (χ0) is 20.4. The van der Waals surface area contributed by atoms with Crippen molar-refractivity contribution in [2.45, 2.75) is 44.8 Å². The van der Waals surface area contributed by atoms with Crippen LogP contribution in [0.5, 0.6) is 0 Å². The Kier molecular flexibility index (Phi) is 6.53. The van der Waals surface area contributed by atoms with Crippen molar-refractivity contribution in [2.24, 2.45) is 0 Å². The second-order valence-corrected chi connectivity index (χ2v) is 8.17. The smallest absolute Gasteiger partial charge is 0.325 e. The minimum Gasteiger partial charge on any atom is -0.461 e. The van der Waals surface area contributed by atoms with E-state index >= 15 is 0 Å². The molecule has 10 heteroatoms. The van der Waals surface area contributed by atoms with Crippen molar-refractivity contribution in [3.8, 4) is 0 Å². The summed E-state index contributed by atoms with van der Waals surface area (Å²) in [5.74, 6) is -1.64. The Bertz CT molecular complexity index is 683. The Morgan fingerprint density at radius 1 is 1.30 bits per heavy atom.